The molecule has 0 saturated heterocycles. The predicted molar refractivity (Wildman–Crippen MR) is 70.9 cm³/mol. The van der Waals surface area contributed by atoms with Gasteiger partial charge in [0.1, 0.15) is 16.6 Å². The number of ether oxygens (including phenoxy) is 1. The topological polar surface area (TPSA) is 50.8 Å². The minimum atomic E-state index is -0.290. The van der Waals surface area contributed by atoms with Crippen molar-refractivity contribution in [3.63, 3.8) is 0 Å². The molecule has 0 amide bonds. The van der Waals surface area contributed by atoms with Crippen LogP contribution in [0.2, 0.25) is 0 Å². The third kappa shape index (κ3) is 2.48. The van der Waals surface area contributed by atoms with E-state index < -0.39 is 0 Å². The number of thiazole rings is 1. The average Bonchev–Trinajstić information content (AvgIpc) is 3.04. The molecule has 3 rings (SSSR count). The molecule has 19 heavy (non-hydrogen) atoms. The molecular weight excluding hydrogens is 265 g/mol. The van der Waals surface area contributed by atoms with Crippen LogP contribution in [0.1, 0.15) is 5.56 Å². The Kier molecular flexibility index (Phi) is 3.00. The summed E-state index contributed by atoms with van der Waals surface area (Å²) in [5.41, 5.74) is 1.42. The third-order valence-corrected chi connectivity index (χ3v) is 3.43. The van der Waals surface area contributed by atoms with E-state index in [0.717, 1.165) is 10.7 Å². The van der Waals surface area contributed by atoms with Gasteiger partial charge in [-0.15, -0.1) is 11.3 Å². The third-order valence-electron chi connectivity index (χ3n) is 2.58. The van der Waals surface area contributed by atoms with Crippen molar-refractivity contribution >= 4 is 11.3 Å². The second-order valence-electron chi connectivity index (χ2n) is 3.97. The molecular formula is C13H10FN3OS. The summed E-state index contributed by atoms with van der Waals surface area (Å²) < 4.78 is 18.9. The molecule has 3 aromatic rings. The van der Waals surface area contributed by atoms with Gasteiger partial charge >= 0.3 is 0 Å². The largest absolute Gasteiger partial charge is 0.438 e. The molecule has 0 radical (unpaired) electrons. The zero-order valence-electron chi connectivity index (χ0n) is 10.1. The number of aryl methyl sites for hydroxylation is 1. The molecule has 0 saturated carbocycles. The molecule has 1 N–H and O–H groups in total. The first-order valence-electron chi connectivity index (χ1n) is 5.61. The van der Waals surface area contributed by atoms with Crippen LogP contribution in [0, 0.1) is 12.7 Å². The zero-order chi connectivity index (χ0) is 13.2. The van der Waals surface area contributed by atoms with Gasteiger partial charge in [0.15, 0.2) is 0 Å². The lowest BCUT2D eigenvalue weighted by molar-refractivity contribution is 0.461. The highest BCUT2D eigenvalue weighted by Crippen LogP contribution is 2.29. The van der Waals surface area contributed by atoms with Crippen LogP contribution in [0.5, 0.6) is 11.6 Å². The minimum absolute atomic E-state index is 0.290. The van der Waals surface area contributed by atoms with E-state index in [-0.39, 0.29) is 5.82 Å². The van der Waals surface area contributed by atoms with Gasteiger partial charge < -0.3 is 4.74 Å². The number of aromatic nitrogens is 3. The molecule has 0 aliphatic rings. The molecule has 6 heteroatoms. The first-order chi connectivity index (χ1) is 9.22. The summed E-state index contributed by atoms with van der Waals surface area (Å²) in [6.07, 6.45) is 1.66. The van der Waals surface area contributed by atoms with Crippen molar-refractivity contribution in [1.29, 1.82) is 0 Å². The molecule has 0 aliphatic carbocycles. The summed E-state index contributed by atoms with van der Waals surface area (Å²) in [4.78, 5) is 4.30. The number of hydrogen-bond donors (Lipinski definition) is 1. The summed E-state index contributed by atoms with van der Waals surface area (Å²) in [5, 5.41) is 9.24. The normalized spacial score (nSPS) is 10.6. The van der Waals surface area contributed by atoms with E-state index in [1.54, 1.807) is 30.6 Å². The predicted octanol–water partition coefficient (Wildman–Crippen LogP) is 3.77. The van der Waals surface area contributed by atoms with E-state index >= 15 is 0 Å². The summed E-state index contributed by atoms with van der Waals surface area (Å²) in [5.74, 6) is 0.587. The van der Waals surface area contributed by atoms with Gasteiger partial charge in [-0.05, 0) is 24.6 Å². The minimum Gasteiger partial charge on any atom is -0.438 e. The van der Waals surface area contributed by atoms with Gasteiger partial charge in [0.25, 0.3) is 0 Å². The highest BCUT2D eigenvalue weighted by molar-refractivity contribution is 7.13. The van der Waals surface area contributed by atoms with Crippen molar-refractivity contribution < 1.29 is 9.13 Å². The second kappa shape index (κ2) is 4.81. The molecule has 4 nitrogen and oxygen atoms in total. The summed E-state index contributed by atoms with van der Waals surface area (Å²) >= 11 is 1.43. The Labute approximate surface area is 112 Å². The van der Waals surface area contributed by atoms with E-state index in [1.807, 2.05) is 6.07 Å². The van der Waals surface area contributed by atoms with Crippen molar-refractivity contribution in [2.75, 3.05) is 0 Å². The summed E-state index contributed by atoms with van der Waals surface area (Å²) in [6, 6.07) is 6.57. The Morgan fingerprint density at radius 1 is 1.32 bits per heavy atom. The molecule has 0 spiro atoms. The Morgan fingerprint density at radius 2 is 2.21 bits per heavy atom. The molecule has 2 heterocycles. The molecule has 0 bridgehead atoms. The van der Waals surface area contributed by atoms with Crippen LogP contribution < -0.4 is 4.74 Å². The monoisotopic (exact) mass is 275 g/mol. The van der Waals surface area contributed by atoms with Gasteiger partial charge in [0.05, 0.1) is 11.1 Å². The van der Waals surface area contributed by atoms with E-state index in [0.29, 0.717) is 17.2 Å². The van der Waals surface area contributed by atoms with Crippen molar-refractivity contribution in [1.82, 2.24) is 15.2 Å². The van der Waals surface area contributed by atoms with Crippen LogP contribution in [0.4, 0.5) is 4.39 Å². The van der Waals surface area contributed by atoms with Crippen LogP contribution in [0.15, 0.2) is 35.8 Å². The lowest BCUT2D eigenvalue weighted by Gasteiger charge is -2.03. The smallest absolute Gasteiger partial charge is 0.230 e. The maximum absolute atomic E-state index is 13.4. The average molecular weight is 275 g/mol. The van der Waals surface area contributed by atoms with E-state index in [4.69, 9.17) is 4.74 Å². The molecule has 96 valence electrons. The van der Waals surface area contributed by atoms with Crippen LogP contribution >= 0.6 is 11.3 Å². The number of aromatic amines is 1. The molecule has 1 aromatic carbocycles. The fourth-order valence-electron chi connectivity index (χ4n) is 1.56. The summed E-state index contributed by atoms with van der Waals surface area (Å²) in [6.45, 7) is 1.71. The first-order valence-corrected chi connectivity index (χ1v) is 6.49. The Bertz CT molecular complexity index is 694. The van der Waals surface area contributed by atoms with E-state index in [2.05, 4.69) is 15.2 Å². The number of nitrogens with zero attached hydrogens (tertiary/aromatic N) is 2. The fourth-order valence-corrected chi connectivity index (χ4v) is 2.26. The maximum Gasteiger partial charge on any atom is 0.230 e. The van der Waals surface area contributed by atoms with Crippen LogP contribution in [0.25, 0.3) is 10.7 Å². The van der Waals surface area contributed by atoms with Crippen molar-refractivity contribution in [2.24, 2.45) is 0 Å². The van der Waals surface area contributed by atoms with Crippen LogP contribution in [0.3, 0.4) is 0 Å². The van der Waals surface area contributed by atoms with Gasteiger partial charge in [-0.25, -0.2) is 4.39 Å². The highest BCUT2D eigenvalue weighted by Gasteiger charge is 2.08. The Balaban J connectivity index is 1.82. The quantitative estimate of drug-likeness (QED) is 0.791. The standard InChI is InChI=1S/C13H10FN3OS/c1-8-2-3-9(6-10(8)14)18-12-7-19-13(16-12)11-4-5-15-17-11/h2-7H,1H3,(H,15,17). The fraction of sp³-hybridized carbons (Fsp3) is 0.0769. The first kappa shape index (κ1) is 11.9. The van der Waals surface area contributed by atoms with Gasteiger partial charge in [-0.2, -0.15) is 10.1 Å². The van der Waals surface area contributed by atoms with Gasteiger partial charge in [-0.3, -0.25) is 5.10 Å². The van der Waals surface area contributed by atoms with Crippen molar-refractivity contribution in [3.05, 3.63) is 47.2 Å². The van der Waals surface area contributed by atoms with Crippen LogP contribution in [-0.2, 0) is 0 Å². The number of nitrogens with one attached hydrogen (secondary N) is 1. The number of rotatable bonds is 3. The molecule has 0 unspecified atom stereocenters. The molecule has 0 aliphatic heterocycles. The van der Waals surface area contributed by atoms with Gasteiger partial charge in [0, 0.05) is 12.3 Å². The SMILES string of the molecule is Cc1ccc(Oc2csc(-c3ccn[nH]3)n2)cc1F. The molecule has 2 aromatic heterocycles. The number of hydrogen-bond acceptors (Lipinski definition) is 4. The molecule has 0 atom stereocenters. The lowest BCUT2D eigenvalue weighted by atomic mass is 10.2. The summed E-state index contributed by atoms with van der Waals surface area (Å²) in [7, 11) is 0. The van der Waals surface area contributed by atoms with Crippen LogP contribution in [-0.4, -0.2) is 15.2 Å². The van der Waals surface area contributed by atoms with E-state index in [1.165, 1.54) is 17.4 Å². The number of benzene rings is 1. The lowest BCUT2D eigenvalue weighted by Crippen LogP contribution is -1.88. The van der Waals surface area contributed by atoms with Gasteiger partial charge in [-0.1, -0.05) is 6.07 Å². The van der Waals surface area contributed by atoms with Gasteiger partial charge in [0.2, 0.25) is 5.88 Å². The van der Waals surface area contributed by atoms with E-state index in [9.17, 15) is 4.39 Å². The molecule has 0 fully saturated rings. The highest BCUT2D eigenvalue weighted by atomic mass is 32.1. The van der Waals surface area contributed by atoms with Crippen molar-refractivity contribution in [3.8, 4) is 22.3 Å². The number of H-pyrrole nitrogens is 1. The maximum atomic E-state index is 13.4. The Hall–Kier alpha value is -2.21. The number of halogens is 1. The Morgan fingerprint density at radius 3 is 2.95 bits per heavy atom. The zero-order valence-corrected chi connectivity index (χ0v) is 10.9. The van der Waals surface area contributed by atoms with Crippen molar-refractivity contribution in [2.45, 2.75) is 6.92 Å². The second-order valence-corrected chi connectivity index (χ2v) is 4.83.